The third-order valence-electron chi connectivity index (χ3n) is 10.4. The Morgan fingerprint density at radius 1 is 0.795 bits per heavy atom. The first kappa shape index (κ1) is 36.1. The molecule has 5 nitrogen and oxygen atoms in total. The van der Waals surface area contributed by atoms with Gasteiger partial charge in [-0.05, 0) is 100 Å². The summed E-state index contributed by atoms with van der Waals surface area (Å²) in [5, 5.41) is 9.59. The van der Waals surface area contributed by atoms with Gasteiger partial charge in [0.2, 0.25) is 0 Å². The van der Waals surface area contributed by atoms with Gasteiger partial charge in [-0.25, -0.2) is 9.59 Å². The van der Waals surface area contributed by atoms with Crippen LogP contribution in [0.2, 0.25) is 0 Å². The van der Waals surface area contributed by atoms with E-state index in [1.54, 1.807) is 6.92 Å². The molecular formula is C39H60O5. The number of carbonyl (C=O) groups is 2. The number of benzene rings is 1. The summed E-state index contributed by atoms with van der Waals surface area (Å²) >= 11 is 0. The number of hydrogen-bond acceptors (Lipinski definition) is 5. The zero-order chi connectivity index (χ0) is 31.9. The molecule has 5 heteroatoms. The lowest BCUT2D eigenvalue weighted by Gasteiger charge is -2.38. The summed E-state index contributed by atoms with van der Waals surface area (Å²) in [6.45, 7) is 12.8. The molecule has 0 aromatic heterocycles. The van der Waals surface area contributed by atoms with Gasteiger partial charge in [-0.1, -0.05) is 95.7 Å². The molecule has 2 saturated carbocycles. The van der Waals surface area contributed by atoms with Crippen molar-refractivity contribution in [3.8, 4) is 0 Å². The van der Waals surface area contributed by atoms with Crippen molar-refractivity contribution in [2.24, 2.45) is 29.6 Å². The number of esters is 2. The first-order chi connectivity index (χ1) is 21.2. The highest BCUT2D eigenvalue weighted by atomic mass is 16.5. The second kappa shape index (κ2) is 19.2. The highest BCUT2D eigenvalue weighted by Gasteiger charge is 2.30. The van der Waals surface area contributed by atoms with Crippen LogP contribution in [0.5, 0.6) is 0 Å². The molecular weight excluding hydrogens is 548 g/mol. The molecule has 2 fully saturated rings. The summed E-state index contributed by atoms with van der Waals surface area (Å²) in [4.78, 5) is 24.1. The minimum absolute atomic E-state index is 0.0155. The molecule has 246 valence electrons. The molecule has 1 N–H and O–H groups in total. The van der Waals surface area contributed by atoms with Crippen molar-refractivity contribution in [1.82, 2.24) is 0 Å². The third-order valence-corrected chi connectivity index (χ3v) is 10.4. The molecule has 1 aromatic rings. The van der Waals surface area contributed by atoms with E-state index >= 15 is 0 Å². The minimum Gasteiger partial charge on any atom is -0.462 e. The summed E-state index contributed by atoms with van der Waals surface area (Å²) < 4.78 is 10.7. The molecule has 0 amide bonds. The van der Waals surface area contributed by atoms with E-state index in [0.717, 1.165) is 36.5 Å². The largest absolute Gasteiger partial charge is 0.462 e. The van der Waals surface area contributed by atoms with Gasteiger partial charge in [0.25, 0.3) is 0 Å². The quantitative estimate of drug-likeness (QED) is 0.102. The van der Waals surface area contributed by atoms with Crippen molar-refractivity contribution in [3.05, 3.63) is 59.7 Å². The number of unbranched alkanes of at least 4 members (excludes halogenated alkanes) is 2. The van der Waals surface area contributed by atoms with E-state index in [2.05, 4.69) is 44.3 Å². The van der Waals surface area contributed by atoms with Crippen molar-refractivity contribution < 1.29 is 24.2 Å². The van der Waals surface area contributed by atoms with E-state index < -0.39 is 18.0 Å². The van der Waals surface area contributed by atoms with Crippen LogP contribution < -0.4 is 0 Å². The number of aliphatic hydroxyl groups excluding tert-OH is 1. The predicted molar refractivity (Wildman–Crippen MR) is 179 cm³/mol. The zero-order valence-electron chi connectivity index (χ0n) is 28.0. The van der Waals surface area contributed by atoms with Crippen molar-refractivity contribution in [1.29, 1.82) is 0 Å². The van der Waals surface area contributed by atoms with E-state index in [9.17, 15) is 14.7 Å². The fourth-order valence-electron chi connectivity index (χ4n) is 7.18. The number of ether oxygens (including phenoxy) is 2. The van der Waals surface area contributed by atoms with Crippen LogP contribution in [-0.4, -0.2) is 36.4 Å². The van der Waals surface area contributed by atoms with Gasteiger partial charge >= 0.3 is 11.9 Å². The normalized spacial score (nSPS) is 23.4. The summed E-state index contributed by atoms with van der Waals surface area (Å²) in [6, 6.07) is 8.90. The standard InChI is InChI=1S/C39H60O5/c1-6-7-8-9-31-18-22-36(23-19-31)37-24-20-34(21-25-37)15-14-32-10-12-33(13-11-32)16-17-35(26-43-38(41)28(2)3)27-44-39(42)29(4)30(5)40/h10-13,30-31,34-37,40H,2,4,6-9,14-27H2,1,3,5H3. The molecule has 0 bridgehead atoms. The average molecular weight is 609 g/mol. The lowest BCUT2D eigenvalue weighted by molar-refractivity contribution is -0.144. The van der Waals surface area contributed by atoms with Gasteiger partial charge < -0.3 is 14.6 Å². The molecule has 0 heterocycles. The van der Waals surface area contributed by atoms with Gasteiger partial charge in [0, 0.05) is 11.5 Å². The second-order valence-corrected chi connectivity index (χ2v) is 14.0. The third kappa shape index (κ3) is 12.5. The second-order valence-electron chi connectivity index (χ2n) is 14.0. The van der Waals surface area contributed by atoms with E-state index in [0.29, 0.717) is 12.0 Å². The molecule has 0 spiro atoms. The molecule has 0 radical (unpaired) electrons. The highest BCUT2D eigenvalue weighted by molar-refractivity contribution is 5.88. The van der Waals surface area contributed by atoms with Crippen LogP contribution in [0, 0.1) is 29.6 Å². The number of hydrogen-bond donors (Lipinski definition) is 1. The van der Waals surface area contributed by atoms with E-state index in [4.69, 9.17) is 9.47 Å². The predicted octanol–water partition coefficient (Wildman–Crippen LogP) is 8.96. The molecule has 2 atom stereocenters. The molecule has 1 aromatic carbocycles. The first-order valence-electron chi connectivity index (χ1n) is 17.6. The van der Waals surface area contributed by atoms with Crippen LogP contribution in [0.3, 0.4) is 0 Å². The van der Waals surface area contributed by atoms with Crippen LogP contribution >= 0.6 is 0 Å². The number of aryl methyl sites for hydroxylation is 2. The Morgan fingerprint density at radius 3 is 1.80 bits per heavy atom. The maximum absolute atomic E-state index is 12.2. The Kier molecular flexibility index (Phi) is 15.7. The van der Waals surface area contributed by atoms with Crippen molar-refractivity contribution in [2.75, 3.05) is 13.2 Å². The van der Waals surface area contributed by atoms with E-state index in [1.807, 2.05) is 0 Å². The fourth-order valence-corrected chi connectivity index (χ4v) is 7.18. The Bertz CT molecular complexity index is 1030. The van der Waals surface area contributed by atoms with Gasteiger partial charge in [0.05, 0.1) is 24.9 Å². The van der Waals surface area contributed by atoms with Gasteiger partial charge in [0.1, 0.15) is 0 Å². The number of carbonyl (C=O) groups excluding carboxylic acids is 2. The number of aliphatic hydroxyl groups is 1. The Labute approximate surface area is 267 Å². The fraction of sp³-hybridized carbons (Fsp3) is 0.692. The molecule has 0 aliphatic heterocycles. The number of rotatable bonds is 18. The Hall–Kier alpha value is -2.40. The van der Waals surface area contributed by atoms with Gasteiger partial charge in [0.15, 0.2) is 0 Å². The van der Waals surface area contributed by atoms with Crippen LogP contribution in [0.1, 0.15) is 122 Å². The molecule has 44 heavy (non-hydrogen) atoms. The molecule has 0 saturated heterocycles. The topological polar surface area (TPSA) is 72.8 Å². The summed E-state index contributed by atoms with van der Waals surface area (Å²) in [5.74, 6) is 2.61. The van der Waals surface area contributed by atoms with Crippen LogP contribution in [0.25, 0.3) is 0 Å². The maximum atomic E-state index is 12.2. The van der Waals surface area contributed by atoms with Gasteiger partial charge in [-0.15, -0.1) is 0 Å². The minimum atomic E-state index is -0.967. The SMILES string of the molecule is C=C(C)C(=O)OCC(CCc1ccc(CCC2CCC(C3CCC(CCCCC)CC3)CC2)cc1)COC(=O)C(=C)C(C)O. The monoisotopic (exact) mass is 608 g/mol. The first-order valence-corrected chi connectivity index (χ1v) is 17.6. The summed E-state index contributed by atoms with van der Waals surface area (Å²) in [5.41, 5.74) is 2.96. The Balaban J connectivity index is 1.38. The van der Waals surface area contributed by atoms with Crippen LogP contribution in [-0.2, 0) is 31.9 Å². The van der Waals surface area contributed by atoms with E-state index in [-0.39, 0.29) is 24.7 Å². The van der Waals surface area contributed by atoms with Crippen LogP contribution in [0.15, 0.2) is 48.6 Å². The Morgan fingerprint density at radius 2 is 1.30 bits per heavy atom. The lowest BCUT2D eigenvalue weighted by Crippen LogP contribution is -2.26. The molecule has 2 unspecified atom stereocenters. The molecule has 3 rings (SSSR count). The van der Waals surface area contributed by atoms with Crippen LogP contribution in [0.4, 0.5) is 0 Å². The van der Waals surface area contributed by atoms with E-state index in [1.165, 1.54) is 102 Å². The average Bonchev–Trinajstić information content (AvgIpc) is 3.03. The smallest absolute Gasteiger partial charge is 0.336 e. The van der Waals surface area contributed by atoms with Crippen molar-refractivity contribution in [3.63, 3.8) is 0 Å². The van der Waals surface area contributed by atoms with Gasteiger partial charge in [-0.2, -0.15) is 0 Å². The summed E-state index contributed by atoms with van der Waals surface area (Å²) in [7, 11) is 0. The summed E-state index contributed by atoms with van der Waals surface area (Å²) in [6.07, 6.45) is 20.3. The van der Waals surface area contributed by atoms with Gasteiger partial charge in [-0.3, -0.25) is 0 Å². The lowest BCUT2D eigenvalue weighted by atomic mass is 9.68. The highest BCUT2D eigenvalue weighted by Crippen LogP contribution is 2.43. The maximum Gasteiger partial charge on any atom is 0.336 e. The molecule has 2 aliphatic rings. The molecule has 2 aliphatic carbocycles. The van der Waals surface area contributed by atoms with Crippen molar-refractivity contribution >= 4 is 11.9 Å². The van der Waals surface area contributed by atoms with Crippen molar-refractivity contribution in [2.45, 2.75) is 130 Å². The zero-order valence-corrected chi connectivity index (χ0v) is 28.0.